The molecule has 0 aromatic heterocycles. The Kier molecular flexibility index (Phi) is 2.51. The van der Waals surface area contributed by atoms with Crippen LogP contribution in [0.15, 0.2) is 11.6 Å². The summed E-state index contributed by atoms with van der Waals surface area (Å²) in [5.74, 6) is 0.916. The molecule has 0 aromatic rings. The van der Waals surface area contributed by atoms with Gasteiger partial charge in [-0.05, 0) is 17.3 Å². The van der Waals surface area contributed by atoms with E-state index >= 15 is 0 Å². The summed E-state index contributed by atoms with van der Waals surface area (Å²) in [7, 11) is 1.42. The average molecular weight is 182 g/mol. The van der Waals surface area contributed by atoms with Crippen LogP contribution < -0.4 is 0 Å². The summed E-state index contributed by atoms with van der Waals surface area (Å²) in [6.45, 7) is 8.73. The molecule has 1 rings (SSSR count). The van der Waals surface area contributed by atoms with Gasteiger partial charge in [-0.1, -0.05) is 33.3 Å². The third-order valence-electron chi connectivity index (χ3n) is 3.60. The van der Waals surface area contributed by atoms with Crippen LogP contribution in [0.25, 0.3) is 0 Å². The lowest BCUT2D eigenvalue weighted by molar-refractivity contribution is -0.135. The summed E-state index contributed by atoms with van der Waals surface area (Å²) < 4.78 is 4.62. The third kappa shape index (κ3) is 1.50. The minimum absolute atomic E-state index is 0.160. The fourth-order valence-corrected chi connectivity index (χ4v) is 2.15. The van der Waals surface area contributed by atoms with Crippen molar-refractivity contribution in [2.75, 3.05) is 7.11 Å². The van der Waals surface area contributed by atoms with E-state index in [2.05, 4.69) is 32.4 Å². The van der Waals surface area contributed by atoms with Gasteiger partial charge in [0.1, 0.15) is 0 Å². The highest BCUT2D eigenvalue weighted by atomic mass is 16.5. The first-order valence-electron chi connectivity index (χ1n) is 4.71. The van der Waals surface area contributed by atoms with Gasteiger partial charge < -0.3 is 4.74 Å². The van der Waals surface area contributed by atoms with Crippen molar-refractivity contribution in [2.45, 2.75) is 27.7 Å². The highest BCUT2D eigenvalue weighted by molar-refractivity contribution is 5.83. The first-order chi connectivity index (χ1) is 5.91. The third-order valence-corrected chi connectivity index (χ3v) is 3.60. The molecule has 2 heteroatoms. The van der Waals surface area contributed by atoms with Gasteiger partial charge in [0.05, 0.1) is 7.11 Å². The van der Waals surface area contributed by atoms with Crippen LogP contribution >= 0.6 is 0 Å². The molecule has 13 heavy (non-hydrogen) atoms. The van der Waals surface area contributed by atoms with Crippen molar-refractivity contribution in [1.29, 1.82) is 0 Å². The molecule has 1 saturated carbocycles. The van der Waals surface area contributed by atoms with Gasteiger partial charge in [0.15, 0.2) is 0 Å². The van der Waals surface area contributed by atoms with Gasteiger partial charge in [0, 0.05) is 6.08 Å². The predicted octanol–water partition coefficient (Wildman–Crippen LogP) is 2.40. The number of hydrogen-bond donors (Lipinski definition) is 0. The molecule has 1 fully saturated rings. The second-order valence-corrected chi connectivity index (χ2v) is 4.42. The molecule has 0 heterocycles. The molecule has 2 nitrogen and oxygen atoms in total. The van der Waals surface area contributed by atoms with E-state index in [0.717, 1.165) is 0 Å². The molecular formula is C11H18O2. The Morgan fingerprint density at radius 2 is 2.00 bits per heavy atom. The Hall–Kier alpha value is -0.790. The zero-order chi connectivity index (χ0) is 10.2. The molecule has 0 radical (unpaired) electrons. The maximum Gasteiger partial charge on any atom is 0.330 e. The Labute approximate surface area is 80.0 Å². The van der Waals surface area contributed by atoms with Gasteiger partial charge >= 0.3 is 5.97 Å². The number of carbonyl (C=O) groups is 1. The summed E-state index contributed by atoms with van der Waals surface area (Å²) in [4.78, 5) is 11.1. The van der Waals surface area contributed by atoms with Gasteiger partial charge in [0.2, 0.25) is 0 Å². The van der Waals surface area contributed by atoms with Crippen LogP contribution in [0.2, 0.25) is 0 Å². The van der Waals surface area contributed by atoms with Crippen molar-refractivity contribution >= 4 is 5.97 Å². The second-order valence-electron chi connectivity index (χ2n) is 4.42. The van der Waals surface area contributed by atoms with Gasteiger partial charge in [-0.2, -0.15) is 0 Å². The summed E-state index contributed by atoms with van der Waals surface area (Å²) in [5, 5.41) is 0. The lowest BCUT2D eigenvalue weighted by Gasteiger charge is -2.51. The molecule has 0 amide bonds. The summed E-state index contributed by atoms with van der Waals surface area (Å²) in [6, 6.07) is 0. The molecule has 0 bridgehead atoms. The standard InChI is InChI=1S/C11H18O2/c1-7-8(2)11(3,4)9(7)6-10(12)13-5/h6-8H,1-5H3/b9-6-/t7-,8+/m0/s1. The van der Waals surface area contributed by atoms with Crippen molar-refractivity contribution in [1.82, 2.24) is 0 Å². The van der Waals surface area contributed by atoms with Crippen LogP contribution in [0.1, 0.15) is 27.7 Å². The minimum Gasteiger partial charge on any atom is -0.466 e. The van der Waals surface area contributed by atoms with Crippen molar-refractivity contribution in [2.24, 2.45) is 17.3 Å². The molecule has 74 valence electrons. The Bertz CT molecular complexity index is 251. The number of carbonyl (C=O) groups excluding carboxylic acids is 1. The smallest absolute Gasteiger partial charge is 0.330 e. The molecule has 0 unspecified atom stereocenters. The number of hydrogen-bond acceptors (Lipinski definition) is 2. The Morgan fingerprint density at radius 3 is 2.38 bits per heavy atom. The van der Waals surface area contributed by atoms with E-state index in [-0.39, 0.29) is 11.4 Å². The molecular weight excluding hydrogens is 164 g/mol. The highest BCUT2D eigenvalue weighted by Gasteiger charge is 2.46. The molecule has 0 spiro atoms. The zero-order valence-corrected chi connectivity index (χ0v) is 9.05. The number of allylic oxidation sites excluding steroid dienone is 1. The van der Waals surface area contributed by atoms with Crippen LogP contribution in [0, 0.1) is 17.3 Å². The maximum atomic E-state index is 11.1. The lowest BCUT2D eigenvalue weighted by atomic mass is 9.53. The second kappa shape index (κ2) is 3.17. The fourth-order valence-electron chi connectivity index (χ4n) is 2.15. The van der Waals surface area contributed by atoms with E-state index in [1.165, 1.54) is 12.7 Å². The molecule has 0 N–H and O–H groups in total. The van der Waals surface area contributed by atoms with Gasteiger partial charge in [-0.25, -0.2) is 4.79 Å². The minimum atomic E-state index is -0.234. The van der Waals surface area contributed by atoms with Gasteiger partial charge in [0.25, 0.3) is 0 Å². The number of methoxy groups -OCH3 is 1. The fraction of sp³-hybridized carbons (Fsp3) is 0.727. The SMILES string of the molecule is COC(=O)/C=C1/[C@@H](C)[C@@H](C)C1(C)C. The van der Waals surface area contributed by atoms with Crippen LogP contribution in [-0.2, 0) is 9.53 Å². The largest absolute Gasteiger partial charge is 0.466 e. The maximum absolute atomic E-state index is 11.1. The highest BCUT2D eigenvalue weighted by Crippen LogP contribution is 2.54. The van der Waals surface area contributed by atoms with Crippen LogP contribution in [0.3, 0.4) is 0 Å². The number of esters is 1. The number of ether oxygens (including phenoxy) is 1. The summed E-state index contributed by atoms with van der Waals surface area (Å²) >= 11 is 0. The quantitative estimate of drug-likeness (QED) is 0.460. The Morgan fingerprint density at radius 1 is 1.46 bits per heavy atom. The van der Waals surface area contributed by atoms with E-state index < -0.39 is 0 Å². The van der Waals surface area contributed by atoms with Gasteiger partial charge in [-0.15, -0.1) is 0 Å². The first kappa shape index (κ1) is 10.3. The predicted molar refractivity (Wildman–Crippen MR) is 52.2 cm³/mol. The van der Waals surface area contributed by atoms with E-state index in [0.29, 0.717) is 11.8 Å². The first-order valence-corrected chi connectivity index (χ1v) is 4.71. The van der Waals surface area contributed by atoms with Crippen molar-refractivity contribution in [3.63, 3.8) is 0 Å². The molecule has 0 aliphatic heterocycles. The lowest BCUT2D eigenvalue weighted by Crippen LogP contribution is -2.44. The van der Waals surface area contributed by atoms with E-state index in [9.17, 15) is 4.79 Å². The van der Waals surface area contributed by atoms with Crippen molar-refractivity contribution in [3.8, 4) is 0 Å². The Balaban J connectivity index is 2.83. The molecule has 0 saturated heterocycles. The van der Waals surface area contributed by atoms with Crippen LogP contribution in [0.4, 0.5) is 0 Å². The summed E-state index contributed by atoms with van der Waals surface area (Å²) in [5.41, 5.74) is 1.38. The number of rotatable bonds is 1. The topological polar surface area (TPSA) is 26.3 Å². The average Bonchev–Trinajstić information content (AvgIpc) is 2.11. The molecule has 1 aliphatic rings. The van der Waals surface area contributed by atoms with Crippen LogP contribution in [0.5, 0.6) is 0 Å². The van der Waals surface area contributed by atoms with E-state index in [4.69, 9.17) is 0 Å². The van der Waals surface area contributed by atoms with E-state index in [1.54, 1.807) is 6.08 Å². The van der Waals surface area contributed by atoms with Gasteiger partial charge in [-0.3, -0.25) is 0 Å². The molecule has 1 aliphatic carbocycles. The monoisotopic (exact) mass is 182 g/mol. The normalized spacial score (nSPS) is 34.1. The van der Waals surface area contributed by atoms with Crippen molar-refractivity contribution in [3.05, 3.63) is 11.6 Å². The molecule has 0 aromatic carbocycles. The molecule has 2 atom stereocenters. The van der Waals surface area contributed by atoms with Crippen molar-refractivity contribution < 1.29 is 9.53 Å². The van der Waals surface area contributed by atoms with E-state index in [1.807, 2.05) is 0 Å². The summed E-state index contributed by atoms with van der Waals surface area (Å²) in [6.07, 6.45) is 1.64. The van der Waals surface area contributed by atoms with Crippen LogP contribution in [-0.4, -0.2) is 13.1 Å². The zero-order valence-electron chi connectivity index (χ0n) is 9.05.